The number of hydrogen-bond acceptors (Lipinski definition) is 5. The van der Waals surface area contributed by atoms with Crippen LogP contribution in [0.2, 0.25) is 0 Å². The van der Waals surface area contributed by atoms with Gasteiger partial charge in [-0.25, -0.2) is 0 Å². The van der Waals surface area contributed by atoms with Crippen LogP contribution in [0, 0.1) is 13.8 Å². The summed E-state index contributed by atoms with van der Waals surface area (Å²) in [5.74, 6) is 1.80. The molecule has 0 radical (unpaired) electrons. The molecule has 0 saturated carbocycles. The van der Waals surface area contributed by atoms with Crippen LogP contribution in [0.1, 0.15) is 43.2 Å². The van der Waals surface area contributed by atoms with Crippen molar-refractivity contribution >= 4 is 11.6 Å². The number of anilines is 1. The van der Waals surface area contributed by atoms with Gasteiger partial charge in [0.15, 0.2) is 0 Å². The molecule has 1 aliphatic heterocycles. The number of benzene rings is 2. The van der Waals surface area contributed by atoms with Gasteiger partial charge in [-0.05, 0) is 75.2 Å². The third kappa shape index (κ3) is 4.01. The van der Waals surface area contributed by atoms with Crippen LogP contribution in [-0.2, 0) is 4.79 Å². The molecule has 2 aromatic carbocycles. The average molecular weight is 391 g/mol. The number of hydrogen-bond donors (Lipinski definition) is 0. The summed E-state index contributed by atoms with van der Waals surface area (Å²) in [6.45, 7) is 8.64. The van der Waals surface area contributed by atoms with Gasteiger partial charge in [0, 0.05) is 24.2 Å². The van der Waals surface area contributed by atoms with Gasteiger partial charge in [0.1, 0.15) is 5.75 Å². The lowest BCUT2D eigenvalue weighted by atomic mass is 10.1. The molecule has 1 aliphatic rings. The average Bonchev–Trinajstić information content (AvgIpc) is 3.31. The molecule has 6 nitrogen and oxygen atoms in total. The van der Waals surface area contributed by atoms with E-state index in [9.17, 15) is 4.79 Å². The first-order valence-corrected chi connectivity index (χ1v) is 9.89. The second-order valence-electron chi connectivity index (χ2n) is 7.82. The molecule has 1 unspecified atom stereocenters. The van der Waals surface area contributed by atoms with Crippen molar-refractivity contribution in [1.29, 1.82) is 0 Å². The number of rotatable bonds is 5. The van der Waals surface area contributed by atoms with E-state index in [4.69, 9.17) is 9.26 Å². The smallest absolute Gasteiger partial charge is 0.232 e. The lowest BCUT2D eigenvalue weighted by Gasteiger charge is -2.17. The van der Waals surface area contributed by atoms with Crippen LogP contribution >= 0.6 is 0 Å². The zero-order valence-corrected chi connectivity index (χ0v) is 17.2. The second kappa shape index (κ2) is 7.70. The minimum atomic E-state index is -0.103. The highest BCUT2D eigenvalue weighted by atomic mass is 16.5. The van der Waals surface area contributed by atoms with Crippen molar-refractivity contribution in [3.8, 4) is 17.1 Å². The van der Waals surface area contributed by atoms with Gasteiger partial charge in [-0.15, -0.1) is 0 Å². The van der Waals surface area contributed by atoms with E-state index in [0.717, 1.165) is 17.0 Å². The van der Waals surface area contributed by atoms with Gasteiger partial charge < -0.3 is 14.2 Å². The summed E-state index contributed by atoms with van der Waals surface area (Å²) >= 11 is 0. The van der Waals surface area contributed by atoms with Crippen LogP contribution in [0.5, 0.6) is 5.75 Å². The fourth-order valence-electron chi connectivity index (χ4n) is 3.49. The van der Waals surface area contributed by atoms with Crippen molar-refractivity contribution in [1.82, 2.24) is 10.1 Å². The largest absolute Gasteiger partial charge is 0.491 e. The Hall–Kier alpha value is -3.15. The molecule has 3 aromatic rings. The van der Waals surface area contributed by atoms with Crippen molar-refractivity contribution in [3.63, 3.8) is 0 Å². The summed E-state index contributed by atoms with van der Waals surface area (Å²) in [4.78, 5) is 18.9. The second-order valence-corrected chi connectivity index (χ2v) is 7.82. The Kier molecular flexibility index (Phi) is 5.09. The minimum absolute atomic E-state index is 0.0770. The Bertz CT molecular complexity index is 1020. The molecule has 0 aliphatic carbocycles. The standard InChI is InChI=1S/C23H25N3O3/c1-14(2)28-20-9-6-17(7-10-20)22-24-23(29-25-22)18-12-21(27)26(13-18)19-8-5-15(3)16(4)11-19/h5-11,14,18H,12-13H2,1-4H3. The first-order chi connectivity index (χ1) is 13.9. The van der Waals surface area contributed by atoms with Crippen molar-refractivity contribution in [3.05, 3.63) is 59.5 Å². The van der Waals surface area contributed by atoms with Crippen molar-refractivity contribution < 1.29 is 14.1 Å². The molecule has 150 valence electrons. The van der Waals surface area contributed by atoms with E-state index in [1.807, 2.05) is 50.2 Å². The van der Waals surface area contributed by atoms with Gasteiger partial charge in [0.05, 0.1) is 12.0 Å². The maximum Gasteiger partial charge on any atom is 0.232 e. The summed E-state index contributed by atoms with van der Waals surface area (Å²) in [6, 6.07) is 13.7. The van der Waals surface area contributed by atoms with E-state index in [-0.39, 0.29) is 17.9 Å². The van der Waals surface area contributed by atoms with Crippen LogP contribution in [0.25, 0.3) is 11.4 Å². The quantitative estimate of drug-likeness (QED) is 0.633. The summed E-state index contributed by atoms with van der Waals surface area (Å²) in [7, 11) is 0. The molecule has 6 heteroatoms. The predicted octanol–water partition coefficient (Wildman–Crippen LogP) is 4.66. The molecule has 2 heterocycles. The zero-order valence-electron chi connectivity index (χ0n) is 17.2. The highest BCUT2D eigenvalue weighted by molar-refractivity contribution is 5.96. The van der Waals surface area contributed by atoms with E-state index >= 15 is 0 Å². The fraction of sp³-hybridized carbons (Fsp3) is 0.348. The van der Waals surface area contributed by atoms with Crippen LogP contribution in [0.3, 0.4) is 0 Å². The highest BCUT2D eigenvalue weighted by Gasteiger charge is 2.35. The van der Waals surface area contributed by atoms with E-state index in [0.29, 0.717) is 24.7 Å². The lowest BCUT2D eigenvalue weighted by molar-refractivity contribution is -0.117. The molecule has 1 aromatic heterocycles. The van der Waals surface area contributed by atoms with Gasteiger partial charge in [0.2, 0.25) is 17.6 Å². The third-order valence-corrected chi connectivity index (χ3v) is 5.20. The maximum absolute atomic E-state index is 12.6. The van der Waals surface area contributed by atoms with Gasteiger partial charge in [-0.3, -0.25) is 4.79 Å². The SMILES string of the molecule is Cc1ccc(N2CC(c3nc(-c4ccc(OC(C)C)cc4)no3)CC2=O)cc1C. The zero-order chi connectivity index (χ0) is 20.5. The monoisotopic (exact) mass is 391 g/mol. The lowest BCUT2D eigenvalue weighted by Crippen LogP contribution is -2.24. The van der Waals surface area contributed by atoms with Crippen molar-refractivity contribution in [2.45, 2.75) is 46.1 Å². The Morgan fingerprint density at radius 2 is 1.86 bits per heavy atom. The number of aryl methyl sites for hydroxylation is 2. The van der Waals surface area contributed by atoms with Crippen LogP contribution in [0.4, 0.5) is 5.69 Å². The molecular weight excluding hydrogens is 366 g/mol. The topological polar surface area (TPSA) is 68.5 Å². The number of carbonyl (C=O) groups is 1. The number of carbonyl (C=O) groups excluding carboxylic acids is 1. The summed E-state index contributed by atoms with van der Waals surface area (Å²) in [6.07, 6.45) is 0.494. The first-order valence-electron chi connectivity index (χ1n) is 9.89. The van der Waals surface area contributed by atoms with Gasteiger partial charge in [-0.2, -0.15) is 4.98 Å². The summed E-state index contributed by atoms with van der Waals surface area (Å²) in [5.41, 5.74) is 4.15. The Balaban J connectivity index is 1.49. The summed E-state index contributed by atoms with van der Waals surface area (Å²) < 4.78 is 11.2. The van der Waals surface area contributed by atoms with Gasteiger partial charge in [-0.1, -0.05) is 11.2 Å². The Morgan fingerprint density at radius 3 is 2.55 bits per heavy atom. The van der Waals surface area contributed by atoms with Gasteiger partial charge >= 0.3 is 0 Å². The normalized spacial score (nSPS) is 16.7. The molecule has 0 N–H and O–H groups in total. The van der Waals surface area contributed by atoms with Gasteiger partial charge in [0.25, 0.3) is 0 Å². The molecule has 1 saturated heterocycles. The molecule has 0 spiro atoms. The van der Waals surface area contributed by atoms with Crippen LogP contribution in [0.15, 0.2) is 47.0 Å². The highest BCUT2D eigenvalue weighted by Crippen LogP contribution is 2.33. The van der Waals surface area contributed by atoms with Crippen molar-refractivity contribution in [2.75, 3.05) is 11.4 Å². The molecule has 1 atom stereocenters. The molecule has 0 bridgehead atoms. The first kappa shape index (κ1) is 19.2. The Labute approximate surface area is 170 Å². The molecule has 4 rings (SSSR count). The predicted molar refractivity (Wildman–Crippen MR) is 111 cm³/mol. The van der Waals surface area contributed by atoms with Crippen LogP contribution < -0.4 is 9.64 Å². The summed E-state index contributed by atoms with van der Waals surface area (Å²) in [5, 5.41) is 4.11. The van der Waals surface area contributed by atoms with E-state index in [1.165, 1.54) is 11.1 Å². The maximum atomic E-state index is 12.6. The third-order valence-electron chi connectivity index (χ3n) is 5.20. The number of aromatic nitrogens is 2. The molecule has 1 amide bonds. The minimum Gasteiger partial charge on any atom is -0.491 e. The molecule has 1 fully saturated rings. The van der Waals surface area contributed by atoms with E-state index in [1.54, 1.807) is 4.90 Å². The fourth-order valence-corrected chi connectivity index (χ4v) is 3.49. The number of nitrogens with zero attached hydrogens (tertiary/aromatic N) is 3. The molecular formula is C23H25N3O3. The van der Waals surface area contributed by atoms with Crippen molar-refractivity contribution in [2.24, 2.45) is 0 Å². The number of ether oxygens (including phenoxy) is 1. The molecule has 29 heavy (non-hydrogen) atoms. The number of amides is 1. The van der Waals surface area contributed by atoms with E-state index < -0.39 is 0 Å². The Morgan fingerprint density at radius 1 is 1.10 bits per heavy atom. The van der Waals surface area contributed by atoms with Crippen LogP contribution in [-0.4, -0.2) is 28.7 Å². The van der Waals surface area contributed by atoms with E-state index in [2.05, 4.69) is 30.1 Å².